The molecule has 0 aliphatic heterocycles. The third kappa shape index (κ3) is 1.44. The van der Waals surface area contributed by atoms with Crippen LogP contribution in [0.15, 0.2) is 47.0 Å². The zero-order valence-corrected chi connectivity index (χ0v) is 11.6. The lowest BCUT2D eigenvalue weighted by atomic mass is 9.93. The van der Waals surface area contributed by atoms with Crippen LogP contribution in [0.5, 0.6) is 0 Å². The van der Waals surface area contributed by atoms with Gasteiger partial charge in [-0.05, 0) is 34.6 Å². The topological polar surface area (TPSA) is 17.1 Å². The highest BCUT2D eigenvalue weighted by atomic mass is 79.9. The van der Waals surface area contributed by atoms with Gasteiger partial charge in [0.1, 0.15) is 0 Å². The van der Waals surface area contributed by atoms with Gasteiger partial charge < -0.3 is 0 Å². The van der Waals surface area contributed by atoms with Gasteiger partial charge in [0.2, 0.25) is 0 Å². The summed E-state index contributed by atoms with van der Waals surface area (Å²) in [7, 11) is 0. The minimum atomic E-state index is 0.0835. The molecule has 2 aliphatic carbocycles. The Morgan fingerprint density at radius 1 is 1.05 bits per heavy atom. The predicted octanol–water partition coefficient (Wildman–Crippen LogP) is 2.79. The molecule has 19 heavy (non-hydrogen) atoms. The van der Waals surface area contributed by atoms with Crippen molar-refractivity contribution in [3.05, 3.63) is 68.5 Å². The Morgan fingerprint density at radius 2 is 1.89 bits per heavy atom. The molecular weight excluding hydrogens is 300 g/mol. The number of allylic oxidation sites excluding steroid dienone is 2. The molecule has 2 aromatic rings. The zero-order valence-electron chi connectivity index (χ0n) is 9.98. The molecule has 90 valence electrons. The van der Waals surface area contributed by atoms with E-state index in [9.17, 15) is 4.79 Å². The van der Waals surface area contributed by atoms with Crippen LogP contribution >= 0.6 is 15.9 Å². The molecule has 0 saturated carbocycles. The van der Waals surface area contributed by atoms with Crippen LogP contribution in [0.1, 0.15) is 15.9 Å². The summed E-state index contributed by atoms with van der Waals surface area (Å²) >= 11 is 3.57. The van der Waals surface area contributed by atoms with Gasteiger partial charge in [-0.15, -0.1) is 0 Å². The van der Waals surface area contributed by atoms with E-state index >= 15 is 0 Å². The van der Waals surface area contributed by atoms with E-state index in [0.29, 0.717) is 0 Å². The van der Waals surface area contributed by atoms with Crippen LogP contribution < -0.4 is 10.4 Å². The Labute approximate surface area is 118 Å². The average Bonchev–Trinajstić information content (AvgIpc) is 2.77. The minimum absolute atomic E-state index is 0.0835. The van der Waals surface area contributed by atoms with E-state index in [1.807, 2.05) is 24.3 Å². The number of halogens is 1. The molecule has 1 nitrogen and oxygen atoms in total. The van der Waals surface area contributed by atoms with Gasteiger partial charge >= 0.3 is 0 Å². The summed E-state index contributed by atoms with van der Waals surface area (Å²) < 4.78 is 0.975. The van der Waals surface area contributed by atoms with Gasteiger partial charge in [-0.3, -0.25) is 4.79 Å². The first-order valence-electron chi connectivity index (χ1n) is 6.12. The van der Waals surface area contributed by atoms with Crippen molar-refractivity contribution in [1.29, 1.82) is 0 Å². The third-order valence-corrected chi connectivity index (χ3v) is 4.30. The minimum Gasteiger partial charge on any atom is -0.289 e. The summed E-state index contributed by atoms with van der Waals surface area (Å²) in [4.78, 5) is 12.3. The molecule has 0 radical (unpaired) electrons. The number of benzene rings is 2. The molecule has 2 aromatic carbocycles. The van der Waals surface area contributed by atoms with Crippen molar-refractivity contribution in [1.82, 2.24) is 0 Å². The number of carbonyl (C=O) groups excluding carboxylic acids is 1. The molecule has 2 heteroatoms. The number of hydrogen-bond donors (Lipinski definition) is 0. The van der Waals surface area contributed by atoms with E-state index in [-0.39, 0.29) is 5.78 Å². The summed E-state index contributed by atoms with van der Waals surface area (Å²) in [5.74, 6) is 0.0835. The summed E-state index contributed by atoms with van der Waals surface area (Å²) in [6.07, 6.45) is 7.58. The Kier molecular flexibility index (Phi) is 2.18. The molecule has 0 saturated heterocycles. The standard InChI is InChI=1S/C17H9BrO/c18-14-9-11-8-10-4-1-2-5-12(10)16(11)17-13(14)6-3-7-15(17)19/h1-9H. The van der Waals surface area contributed by atoms with Gasteiger partial charge in [0.15, 0.2) is 5.78 Å². The first-order chi connectivity index (χ1) is 9.25. The van der Waals surface area contributed by atoms with Gasteiger partial charge in [-0.25, -0.2) is 0 Å². The lowest BCUT2D eigenvalue weighted by molar-refractivity contribution is 0.104. The van der Waals surface area contributed by atoms with Crippen molar-refractivity contribution >= 4 is 33.9 Å². The van der Waals surface area contributed by atoms with Crippen molar-refractivity contribution in [3.63, 3.8) is 0 Å². The maximum absolute atomic E-state index is 12.3. The zero-order chi connectivity index (χ0) is 13.0. The van der Waals surface area contributed by atoms with Crippen molar-refractivity contribution in [2.45, 2.75) is 0 Å². The van der Waals surface area contributed by atoms with Crippen LogP contribution in [0, 0.1) is 0 Å². The summed E-state index contributed by atoms with van der Waals surface area (Å²) in [5, 5.41) is 2.10. The lowest BCUT2D eigenvalue weighted by Gasteiger charge is -2.11. The number of hydrogen-bond acceptors (Lipinski definition) is 1. The molecule has 0 heterocycles. The predicted molar refractivity (Wildman–Crippen MR) is 80.3 cm³/mol. The van der Waals surface area contributed by atoms with Gasteiger partial charge in [0.25, 0.3) is 0 Å². The summed E-state index contributed by atoms with van der Waals surface area (Å²) in [6, 6.07) is 10.3. The Balaban J connectivity index is 2.23. The van der Waals surface area contributed by atoms with Crippen LogP contribution in [0.3, 0.4) is 0 Å². The van der Waals surface area contributed by atoms with Crippen LogP contribution in [-0.2, 0) is 0 Å². The van der Waals surface area contributed by atoms with Crippen LogP contribution in [0.4, 0.5) is 0 Å². The van der Waals surface area contributed by atoms with Crippen LogP contribution in [0.2, 0.25) is 0 Å². The van der Waals surface area contributed by atoms with E-state index in [1.54, 1.807) is 6.08 Å². The van der Waals surface area contributed by atoms with E-state index < -0.39 is 0 Å². The van der Waals surface area contributed by atoms with E-state index in [0.717, 1.165) is 31.6 Å². The highest BCUT2D eigenvalue weighted by molar-refractivity contribution is 9.10. The van der Waals surface area contributed by atoms with Gasteiger partial charge in [0, 0.05) is 20.8 Å². The van der Waals surface area contributed by atoms with Crippen molar-refractivity contribution < 1.29 is 4.79 Å². The first-order valence-corrected chi connectivity index (χ1v) is 6.91. The molecule has 0 spiro atoms. The first kappa shape index (κ1) is 10.9. The largest absolute Gasteiger partial charge is 0.289 e. The van der Waals surface area contributed by atoms with Crippen molar-refractivity contribution in [3.8, 4) is 11.1 Å². The van der Waals surface area contributed by atoms with E-state index in [4.69, 9.17) is 0 Å². The molecule has 0 fully saturated rings. The summed E-state index contributed by atoms with van der Waals surface area (Å²) in [5.41, 5.74) is 4.21. The Hall–Kier alpha value is -1.93. The molecular formula is C17H9BrO. The molecule has 0 N–H and O–H groups in total. The Morgan fingerprint density at radius 3 is 2.79 bits per heavy atom. The third-order valence-electron chi connectivity index (χ3n) is 3.65. The number of carbonyl (C=O) groups is 1. The molecule has 0 amide bonds. The monoisotopic (exact) mass is 308 g/mol. The normalized spacial score (nSPS) is 14.3. The number of fused-ring (bicyclic) bond motifs is 5. The molecule has 4 rings (SSSR count). The second-order valence-electron chi connectivity index (χ2n) is 4.73. The molecule has 0 atom stereocenters. The molecule has 0 bridgehead atoms. The van der Waals surface area contributed by atoms with Crippen molar-refractivity contribution in [2.24, 2.45) is 0 Å². The smallest absolute Gasteiger partial charge is 0.187 e. The number of rotatable bonds is 0. The highest BCUT2D eigenvalue weighted by Gasteiger charge is 2.22. The van der Waals surface area contributed by atoms with E-state index in [1.165, 1.54) is 5.56 Å². The van der Waals surface area contributed by atoms with Gasteiger partial charge in [-0.1, -0.05) is 52.3 Å². The Bertz CT molecular complexity index is 888. The molecule has 0 unspecified atom stereocenters. The second kappa shape index (κ2) is 3.78. The lowest BCUT2D eigenvalue weighted by Crippen LogP contribution is -2.24. The SMILES string of the molecule is O=C1C=CC=c2c(Br)cc3c(c21)-c1ccccc1C=3. The average molecular weight is 309 g/mol. The maximum Gasteiger partial charge on any atom is 0.187 e. The fourth-order valence-corrected chi connectivity index (χ4v) is 3.42. The number of ketones is 1. The molecule has 2 aliphatic rings. The van der Waals surface area contributed by atoms with Crippen molar-refractivity contribution in [2.75, 3.05) is 0 Å². The fraction of sp³-hybridized carbons (Fsp3) is 0. The second-order valence-corrected chi connectivity index (χ2v) is 5.59. The van der Waals surface area contributed by atoms with Crippen LogP contribution in [-0.4, -0.2) is 5.78 Å². The highest BCUT2D eigenvalue weighted by Crippen LogP contribution is 2.29. The molecule has 0 aromatic heterocycles. The fourth-order valence-electron chi connectivity index (χ4n) is 2.84. The van der Waals surface area contributed by atoms with E-state index in [2.05, 4.69) is 40.2 Å². The maximum atomic E-state index is 12.3. The quantitative estimate of drug-likeness (QED) is 0.624. The van der Waals surface area contributed by atoms with Gasteiger partial charge in [0.05, 0.1) is 0 Å². The van der Waals surface area contributed by atoms with Gasteiger partial charge in [-0.2, -0.15) is 0 Å². The van der Waals surface area contributed by atoms with Crippen LogP contribution in [0.25, 0.3) is 23.3 Å². The summed E-state index contributed by atoms with van der Waals surface area (Å²) in [6.45, 7) is 0.